The topological polar surface area (TPSA) is 119 Å². The lowest BCUT2D eigenvalue weighted by Crippen LogP contribution is -2.36. The molecule has 0 radical (unpaired) electrons. The number of carboxylic acids is 1. The number of aliphatic hydroxyl groups excluding tert-OH is 1. The number of carbonyl (C=O) groups is 3. The van der Waals surface area contributed by atoms with Crippen molar-refractivity contribution in [1.82, 2.24) is 5.32 Å². The number of aliphatic carboxylic acids is 1. The quantitative estimate of drug-likeness (QED) is 0.234. The fraction of sp³-hybridized carbons (Fsp3) is 0.364. The van der Waals surface area contributed by atoms with E-state index in [-0.39, 0.29) is 12.6 Å². The first-order valence-corrected chi connectivity index (χ1v) is 14.3. The maximum atomic E-state index is 13.6. The smallest absolute Gasteiger partial charge is 0.334 e. The molecule has 0 heterocycles. The van der Waals surface area contributed by atoms with E-state index in [1.807, 2.05) is 36.4 Å². The number of hydrogen-bond donors (Lipinski definition) is 4. The summed E-state index contributed by atoms with van der Waals surface area (Å²) in [5, 5.41) is 23.6. The standard InChI is InChI=1S/C33H39N3O5/c1-22(2)24-12-16-28(17-13-24)35-33(41)36(29-18-14-26(15-19-29)25-6-4-3-5-7-25)21-23-8-10-27(11-9-23)31(38)34-20-30(37)32(39)40/h8-19,22,25,30,37H,3-7,20-21H2,1-2H3,(H,34,38)(H,35,41)(H,39,40)/t30-/m1/s1. The first kappa shape index (κ1) is 29.8. The van der Waals surface area contributed by atoms with E-state index in [0.717, 1.165) is 11.3 Å². The molecule has 4 rings (SSSR count). The highest BCUT2D eigenvalue weighted by Crippen LogP contribution is 2.33. The Labute approximate surface area is 241 Å². The van der Waals surface area contributed by atoms with Crippen molar-refractivity contribution in [3.63, 3.8) is 0 Å². The lowest BCUT2D eigenvalue weighted by atomic mass is 9.84. The number of benzene rings is 3. The van der Waals surface area contributed by atoms with Crippen LogP contribution in [0.5, 0.6) is 0 Å². The van der Waals surface area contributed by atoms with E-state index in [0.29, 0.717) is 23.1 Å². The Bertz CT molecular complexity index is 1310. The third-order valence-electron chi connectivity index (χ3n) is 7.65. The average Bonchev–Trinajstić information content (AvgIpc) is 2.99. The highest BCUT2D eigenvalue weighted by Gasteiger charge is 2.20. The summed E-state index contributed by atoms with van der Waals surface area (Å²) in [6, 6.07) is 22.6. The number of aliphatic hydroxyl groups is 1. The van der Waals surface area contributed by atoms with Crippen molar-refractivity contribution in [2.24, 2.45) is 0 Å². The summed E-state index contributed by atoms with van der Waals surface area (Å²) in [6.07, 6.45) is 4.54. The van der Waals surface area contributed by atoms with Gasteiger partial charge in [0.2, 0.25) is 0 Å². The van der Waals surface area contributed by atoms with Crippen LogP contribution < -0.4 is 15.5 Å². The summed E-state index contributed by atoms with van der Waals surface area (Å²) in [5.74, 6) is -0.933. The van der Waals surface area contributed by atoms with E-state index in [1.54, 1.807) is 29.2 Å². The Kier molecular flexibility index (Phi) is 10.1. The van der Waals surface area contributed by atoms with Gasteiger partial charge in [-0.15, -0.1) is 0 Å². The van der Waals surface area contributed by atoms with E-state index in [1.165, 1.54) is 43.2 Å². The molecule has 1 aliphatic carbocycles. The third-order valence-corrected chi connectivity index (χ3v) is 7.65. The van der Waals surface area contributed by atoms with Gasteiger partial charge in [-0.1, -0.05) is 69.5 Å². The molecule has 1 fully saturated rings. The van der Waals surface area contributed by atoms with Gasteiger partial charge >= 0.3 is 12.0 Å². The van der Waals surface area contributed by atoms with Crippen LogP contribution in [0.3, 0.4) is 0 Å². The number of rotatable bonds is 10. The van der Waals surface area contributed by atoms with Crippen molar-refractivity contribution in [1.29, 1.82) is 0 Å². The number of carbonyl (C=O) groups excluding carboxylic acids is 2. The molecule has 3 amide bonds. The molecule has 0 saturated heterocycles. The molecule has 8 heteroatoms. The molecule has 0 unspecified atom stereocenters. The van der Waals surface area contributed by atoms with E-state index < -0.39 is 24.5 Å². The number of urea groups is 1. The van der Waals surface area contributed by atoms with Crippen LogP contribution >= 0.6 is 0 Å². The molecule has 1 atom stereocenters. The molecule has 0 spiro atoms. The van der Waals surface area contributed by atoms with Gasteiger partial charge in [0.1, 0.15) is 0 Å². The first-order valence-electron chi connectivity index (χ1n) is 14.3. The zero-order valence-electron chi connectivity index (χ0n) is 23.7. The van der Waals surface area contributed by atoms with Crippen molar-refractivity contribution in [2.45, 2.75) is 70.4 Å². The van der Waals surface area contributed by atoms with E-state index in [4.69, 9.17) is 5.11 Å². The summed E-state index contributed by atoms with van der Waals surface area (Å²) in [6.45, 7) is 4.14. The van der Waals surface area contributed by atoms with Crippen LogP contribution in [0.15, 0.2) is 72.8 Å². The second-order valence-electron chi connectivity index (χ2n) is 11.0. The van der Waals surface area contributed by atoms with Crippen LogP contribution in [0.1, 0.15) is 84.8 Å². The van der Waals surface area contributed by atoms with Crippen molar-refractivity contribution in [2.75, 3.05) is 16.8 Å². The number of carboxylic acid groups (broad SMARTS) is 1. The zero-order valence-corrected chi connectivity index (χ0v) is 23.7. The molecule has 216 valence electrons. The second-order valence-corrected chi connectivity index (χ2v) is 11.0. The largest absolute Gasteiger partial charge is 0.479 e. The Hall–Kier alpha value is -4.17. The molecule has 41 heavy (non-hydrogen) atoms. The zero-order chi connectivity index (χ0) is 29.4. The number of nitrogens with zero attached hydrogens (tertiary/aromatic N) is 1. The van der Waals surface area contributed by atoms with Crippen LogP contribution in [-0.2, 0) is 11.3 Å². The van der Waals surface area contributed by atoms with Crippen molar-refractivity contribution in [3.05, 3.63) is 95.1 Å². The number of amides is 3. The van der Waals surface area contributed by atoms with Crippen LogP contribution in [0.2, 0.25) is 0 Å². The molecule has 3 aromatic carbocycles. The monoisotopic (exact) mass is 557 g/mol. The van der Waals surface area contributed by atoms with Crippen LogP contribution in [0.25, 0.3) is 0 Å². The molecule has 0 aliphatic heterocycles. The fourth-order valence-corrected chi connectivity index (χ4v) is 5.11. The lowest BCUT2D eigenvalue weighted by Gasteiger charge is -2.26. The molecule has 1 aliphatic rings. The van der Waals surface area contributed by atoms with Gasteiger partial charge in [0, 0.05) is 16.9 Å². The maximum absolute atomic E-state index is 13.6. The summed E-state index contributed by atoms with van der Waals surface area (Å²) in [5.41, 5.74) is 5.11. The minimum Gasteiger partial charge on any atom is -0.479 e. The second kappa shape index (κ2) is 13.9. The SMILES string of the molecule is CC(C)c1ccc(NC(=O)N(Cc2ccc(C(=O)NC[C@@H](O)C(=O)O)cc2)c2ccc(C3CCCCC3)cc2)cc1. The third kappa shape index (κ3) is 8.17. The molecular formula is C33H39N3O5. The van der Waals surface area contributed by atoms with Crippen molar-refractivity contribution >= 4 is 29.3 Å². The molecule has 3 aromatic rings. The van der Waals surface area contributed by atoms with Gasteiger partial charge in [-0.2, -0.15) is 0 Å². The Morgan fingerprint density at radius 2 is 1.51 bits per heavy atom. The van der Waals surface area contributed by atoms with Gasteiger partial charge in [-0.25, -0.2) is 9.59 Å². The Balaban J connectivity index is 1.51. The van der Waals surface area contributed by atoms with Crippen LogP contribution in [0.4, 0.5) is 16.2 Å². The Morgan fingerprint density at radius 1 is 0.878 bits per heavy atom. The summed E-state index contributed by atoms with van der Waals surface area (Å²) < 4.78 is 0. The average molecular weight is 558 g/mol. The minimum atomic E-state index is -1.67. The highest BCUT2D eigenvalue weighted by molar-refractivity contribution is 6.01. The summed E-state index contributed by atoms with van der Waals surface area (Å²) >= 11 is 0. The van der Waals surface area contributed by atoms with Gasteiger partial charge < -0.3 is 20.8 Å². The number of anilines is 2. The summed E-state index contributed by atoms with van der Waals surface area (Å²) in [4.78, 5) is 38.4. The molecule has 0 aromatic heterocycles. The number of hydrogen-bond acceptors (Lipinski definition) is 4. The predicted octanol–water partition coefficient (Wildman–Crippen LogP) is 6.27. The fourth-order valence-electron chi connectivity index (χ4n) is 5.11. The van der Waals surface area contributed by atoms with Gasteiger partial charge in [-0.3, -0.25) is 9.69 Å². The Morgan fingerprint density at radius 3 is 2.10 bits per heavy atom. The molecule has 1 saturated carbocycles. The number of nitrogens with one attached hydrogen (secondary N) is 2. The van der Waals surface area contributed by atoms with Gasteiger partial charge in [0.05, 0.1) is 13.1 Å². The van der Waals surface area contributed by atoms with Crippen LogP contribution in [-0.4, -0.2) is 40.8 Å². The lowest BCUT2D eigenvalue weighted by molar-refractivity contribution is -0.146. The normalized spacial score (nSPS) is 14.3. The van der Waals surface area contributed by atoms with E-state index >= 15 is 0 Å². The van der Waals surface area contributed by atoms with E-state index in [2.05, 4.69) is 36.6 Å². The summed E-state index contributed by atoms with van der Waals surface area (Å²) in [7, 11) is 0. The first-order chi connectivity index (χ1) is 19.7. The molecule has 0 bridgehead atoms. The van der Waals surface area contributed by atoms with E-state index in [9.17, 15) is 19.5 Å². The van der Waals surface area contributed by atoms with Gasteiger partial charge in [-0.05, 0) is 77.8 Å². The molecular weight excluding hydrogens is 518 g/mol. The van der Waals surface area contributed by atoms with Crippen LogP contribution in [0, 0.1) is 0 Å². The highest BCUT2D eigenvalue weighted by atomic mass is 16.4. The van der Waals surface area contributed by atoms with Gasteiger partial charge in [0.15, 0.2) is 6.10 Å². The minimum absolute atomic E-state index is 0.266. The molecule has 4 N–H and O–H groups in total. The van der Waals surface area contributed by atoms with Gasteiger partial charge in [0.25, 0.3) is 5.91 Å². The van der Waals surface area contributed by atoms with Crippen molar-refractivity contribution < 1.29 is 24.6 Å². The van der Waals surface area contributed by atoms with Crippen molar-refractivity contribution in [3.8, 4) is 0 Å². The predicted molar refractivity (Wildman–Crippen MR) is 160 cm³/mol. The maximum Gasteiger partial charge on any atom is 0.334 e. The molecule has 8 nitrogen and oxygen atoms in total.